The molecular formula is C25H28N4OS. The van der Waals surface area contributed by atoms with E-state index in [1.54, 1.807) is 0 Å². The van der Waals surface area contributed by atoms with E-state index in [-0.39, 0.29) is 5.91 Å². The molecule has 0 bridgehead atoms. The zero-order valence-electron chi connectivity index (χ0n) is 18.3. The number of hydrogen-bond donors (Lipinski definition) is 0. The first-order valence-corrected chi connectivity index (χ1v) is 11.6. The van der Waals surface area contributed by atoms with Crippen molar-refractivity contribution in [2.75, 3.05) is 36.8 Å². The lowest BCUT2D eigenvalue weighted by atomic mass is 9.99. The minimum atomic E-state index is 0.161. The number of benzene rings is 2. The second kappa shape index (κ2) is 9.52. The third-order valence-corrected chi connectivity index (χ3v) is 6.76. The summed E-state index contributed by atoms with van der Waals surface area (Å²) < 4.78 is 0. The maximum Gasteiger partial charge on any atom is 0.233 e. The molecule has 5 nitrogen and oxygen atoms in total. The first-order chi connectivity index (χ1) is 15.0. The Morgan fingerprint density at radius 2 is 1.58 bits per heavy atom. The van der Waals surface area contributed by atoms with Crippen LogP contribution < -0.4 is 4.90 Å². The first kappa shape index (κ1) is 21.4. The second-order valence-corrected chi connectivity index (χ2v) is 9.00. The van der Waals surface area contributed by atoms with Gasteiger partial charge in [-0.05, 0) is 67.8 Å². The van der Waals surface area contributed by atoms with Gasteiger partial charge in [0, 0.05) is 37.4 Å². The fraction of sp³-hybridized carbons (Fsp3) is 0.320. The van der Waals surface area contributed by atoms with Crippen molar-refractivity contribution >= 4 is 23.4 Å². The van der Waals surface area contributed by atoms with Crippen molar-refractivity contribution in [1.82, 2.24) is 15.1 Å². The fourth-order valence-electron chi connectivity index (χ4n) is 3.86. The molecule has 1 aliphatic rings. The van der Waals surface area contributed by atoms with Crippen LogP contribution in [0.5, 0.6) is 0 Å². The van der Waals surface area contributed by atoms with Crippen LogP contribution in [0.2, 0.25) is 0 Å². The van der Waals surface area contributed by atoms with Crippen LogP contribution in [-0.2, 0) is 4.79 Å². The molecule has 0 aliphatic carbocycles. The molecule has 4 rings (SSSR count). The van der Waals surface area contributed by atoms with E-state index < -0.39 is 0 Å². The van der Waals surface area contributed by atoms with Crippen molar-refractivity contribution in [2.45, 2.75) is 25.8 Å². The number of hydrogen-bond acceptors (Lipinski definition) is 5. The lowest BCUT2D eigenvalue weighted by Gasteiger charge is -2.36. The molecule has 1 saturated heterocycles. The van der Waals surface area contributed by atoms with Gasteiger partial charge in [0.1, 0.15) is 5.03 Å². The largest absolute Gasteiger partial charge is 0.368 e. The molecule has 0 spiro atoms. The van der Waals surface area contributed by atoms with Crippen molar-refractivity contribution < 1.29 is 4.79 Å². The van der Waals surface area contributed by atoms with Gasteiger partial charge in [-0.3, -0.25) is 4.79 Å². The maximum absolute atomic E-state index is 12.7. The number of aromatic nitrogens is 2. The van der Waals surface area contributed by atoms with Crippen molar-refractivity contribution in [3.8, 4) is 11.3 Å². The van der Waals surface area contributed by atoms with E-state index in [4.69, 9.17) is 0 Å². The molecule has 0 radical (unpaired) electrons. The summed E-state index contributed by atoms with van der Waals surface area (Å²) in [6, 6.07) is 18.7. The van der Waals surface area contributed by atoms with E-state index >= 15 is 0 Å². The Kier molecular flexibility index (Phi) is 6.56. The van der Waals surface area contributed by atoms with Crippen LogP contribution >= 0.6 is 11.8 Å². The number of para-hydroxylation sites is 1. The number of piperazine rings is 1. The standard InChI is InChI=1S/C25H28N4OS/c1-18-15-20(3)22(16-19(18)2)23-9-10-24(27-26-23)31-17-25(30)29-13-11-28(12-14-29)21-7-5-4-6-8-21/h4-10,15-16H,11-14,17H2,1-3H3. The average Bonchev–Trinajstić information content (AvgIpc) is 2.81. The van der Waals surface area contributed by atoms with Crippen molar-refractivity contribution in [3.05, 3.63) is 71.3 Å². The molecule has 2 aromatic carbocycles. The van der Waals surface area contributed by atoms with Crippen LogP contribution in [0.4, 0.5) is 5.69 Å². The van der Waals surface area contributed by atoms with E-state index in [1.165, 1.54) is 34.1 Å². The van der Waals surface area contributed by atoms with Gasteiger partial charge in [-0.1, -0.05) is 36.0 Å². The molecule has 31 heavy (non-hydrogen) atoms. The number of nitrogens with zero attached hydrogens (tertiary/aromatic N) is 4. The summed E-state index contributed by atoms with van der Waals surface area (Å²) in [5, 5.41) is 9.54. The lowest BCUT2D eigenvalue weighted by molar-refractivity contribution is -0.128. The minimum absolute atomic E-state index is 0.161. The molecule has 160 valence electrons. The molecule has 0 atom stereocenters. The lowest BCUT2D eigenvalue weighted by Crippen LogP contribution is -2.49. The number of rotatable bonds is 5. The van der Waals surface area contributed by atoms with E-state index in [1.807, 2.05) is 23.1 Å². The normalized spacial score (nSPS) is 14.0. The number of amides is 1. The first-order valence-electron chi connectivity index (χ1n) is 10.6. The average molecular weight is 433 g/mol. The van der Waals surface area contributed by atoms with Gasteiger partial charge in [-0.2, -0.15) is 0 Å². The van der Waals surface area contributed by atoms with E-state index in [0.29, 0.717) is 5.75 Å². The fourth-order valence-corrected chi connectivity index (χ4v) is 4.57. The van der Waals surface area contributed by atoms with Crippen molar-refractivity contribution in [2.24, 2.45) is 0 Å². The van der Waals surface area contributed by atoms with Gasteiger partial charge in [0.15, 0.2) is 0 Å². The SMILES string of the molecule is Cc1cc(C)c(-c2ccc(SCC(=O)N3CCN(c4ccccc4)CC3)nn2)cc1C. The number of anilines is 1. The molecule has 1 amide bonds. The van der Waals surface area contributed by atoms with Gasteiger partial charge in [-0.25, -0.2) is 0 Å². The van der Waals surface area contributed by atoms with Crippen molar-refractivity contribution in [1.29, 1.82) is 0 Å². The van der Waals surface area contributed by atoms with Crippen LogP contribution in [0.3, 0.4) is 0 Å². The van der Waals surface area contributed by atoms with E-state index in [0.717, 1.165) is 42.5 Å². The number of aryl methyl sites for hydroxylation is 3. The van der Waals surface area contributed by atoms with Gasteiger partial charge in [0.2, 0.25) is 5.91 Å². The highest BCUT2D eigenvalue weighted by atomic mass is 32.2. The molecule has 6 heteroatoms. The zero-order valence-corrected chi connectivity index (χ0v) is 19.2. The van der Waals surface area contributed by atoms with Gasteiger partial charge in [0.25, 0.3) is 0 Å². The molecule has 1 aromatic heterocycles. The Balaban J connectivity index is 1.31. The van der Waals surface area contributed by atoms with E-state index in [9.17, 15) is 4.79 Å². The molecule has 0 unspecified atom stereocenters. The summed E-state index contributed by atoms with van der Waals surface area (Å²) in [4.78, 5) is 16.9. The Morgan fingerprint density at radius 1 is 0.871 bits per heavy atom. The number of carbonyl (C=O) groups is 1. The van der Waals surface area contributed by atoms with Crippen LogP contribution in [0.1, 0.15) is 16.7 Å². The van der Waals surface area contributed by atoms with E-state index in [2.05, 4.69) is 72.3 Å². The van der Waals surface area contributed by atoms with Crippen LogP contribution in [0.15, 0.2) is 59.6 Å². The number of carbonyl (C=O) groups excluding carboxylic acids is 1. The smallest absolute Gasteiger partial charge is 0.233 e. The molecule has 0 N–H and O–H groups in total. The molecular weight excluding hydrogens is 404 g/mol. The summed E-state index contributed by atoms with van der Waals surface area (Å²) in [5.41, 5.74) is 6.93. The third kappa shape index (κ3) is 5.07. The zero-order chi connectivity index (χ0) is 21.8. The monoisotopic (exact) mass is 432 g/mol. The van der Waals surface area contributed by atoms with Gasteiger partial charge in [0.05, 0.1) is 11.4 Å². The van der Waals surface area contributed by atoms with Gasteiger partial charge >= 0.3 is 0 Å². The Hall–Kier alpha value is -2.86. The van der Waals surface area contributed by atoms with Crippen LogP contribution in [0, 0.1) is 20.8 Å². The molecule has 3 aromatic rings. The highest BCUT2D eigenvalue weighted by Crippen LogP contribution is 2.26. The summed E-state index contributed by atoms with van der Waals surface area (Å²) in [6.07, 6.45) is 0. The number of thioether (sulfide) groups is 1. The van der Waals surface area contributed by atoms with Crippen LogP contribution in [-0.4, -0.2) is 52.9 Å². The predicted octanol–water partition coefficient (Wildman–Crippen LogP) is 4.51. The second-order valence-electron chi connectivity index (χ2n) is 8.00. The van der Waals surface area contributed by atoms with Crippen LogP contribution in [0.25, 0.3) is 11.3 Å². The molecule has 1 aliphatic heterocycles. The van der Waals surface area contributed by atoms with Crippen molar-refractivity contribution in [3.63, 3.8) is 0 Å². The Bertz CT molecular complexity index is 1050. The quantitative estimate of drug-likeness (QED) is 0.555. The molecule has 0 saturated carbocycles. The summed E-state index contributed by atoms with van der Waals surface area (Å²) in [5.74, 6) is 0.552. The summed E-state index contributed by atoms with van der Waals surface area (Å²) >= 11 is 1.45. The minimum Gasteiger partial charge on any atom is -0.368 e. The predicted molar refractivity (Wildman–Crippen MR) is 128 cm³/mol. The molecule has 1 fully saturated rings. The Labute approximate surface area is 188 Å². The maximum atomic E-state index is 12.7. The van der Waals surface area contributed by atoms with Gasteiger partial charge in [-0.15, -0.1) is 10.2 Å². The summed E-state index contributed by atoms with van der Waals surface area (Å²) in [6.45, 7) is 9.57. The molecule has 2 heterocycles. The topological polar surface area (TPSA) is 49.3 Å². The highest BCUT2D eigenvalue weighted by molar-refractivity contribution is 7.99. The Morgan fingerprint density at radius 3 is 2.26 bits per heavy atom. The summed E-state index contributed by atoms with van der Waals surface area (Å²) in [7, 11) is 0. The van der Waals surface area contributed by atoms with Gasteiger partial charge < -0.3 is 9.80 Å². The third-order valence-electron chi connectivity index (χ3n) is 5.85. The highest BCUT2D eigenvalue weighted by Gasteiger charge is 2.21.